The molecule has 3 aromatic carbocycles. The number of hydrogen-bond acceptors (Lipinski definition) is 5. The molecule has 2 amide bonds. The van der Waals surface area contributed by atoms with Crippen molar-refractivity contribution >= 4 is 29.2 Å². The summed E-state index contributed by atoms with van der Waals surface area (Å²) in [5.41, 5.74) is 9.53. The third-order valence-electron chi connectivity index (χ3n) is 5.85. The van der Waals surface area contributed by atoms with Gasteiger partial charge < -0.3 is 4.74 Å². The van der Waals surface area contributed by atoms with Gasteiger partial charge in [0.15, 0.2) is 0 Å². The van der Waals surface area contributed by atoms with Crippen molar-refractivity contribution in [3.8, 4) is 5.75 Å². The number of carbonyl (C=O) groups excluding carboxylic acids is 3. The molecular weight excluding hydrogens is 430 g/mol. The van der Waals surface area contributed by atoms with E-state index in [-0.39, 0.29) is 6.03 Å². The molecule has 34 heavy (non-hydrogen) atoms. The van der Waals surface area contributed by atoms with Crippen LogP contribution < -0.4 is 20.5 Å². The predicted molar refractivity (Wildman–Crippen MR) is 130 cm³/mol. The number of amides is 2. The second-order valence-corrected chi connectivity index (χ2v) is 8.27. The molecule has 1 unspecified atom stereocenters. The van der Waals surface area contributed by atoms with Crippen molar-refractivity contribution in [3.63, 3.8) is 0 Å². The first-order chi connectivity index (χ1) is 16.5. The maximum absolute atomic E-state index is 13.1. The smallest absolute Gasteiger partial charge is 0.379 e. The van der Waals surface area contributed by atoms with E-state index >= 15 is 0 Å². The van der Waals surface area contributed by atoms with Crippen molar-refractivity contribution in [1.82, 2.24) is 10.9 Å². The van der Waals surface area contributed by atoms with Gasteiger partial charge in [-0.3, -0.25) is 15.1 Å². The highest BCUT2D eigenvalue weighted by Crippen LogP contribution is 2.32. The lowest BCUT2D eigenvalue weighted by molar-refractivity contribution is -0.146. The van der Waals surface area contributed by atoms with Crippen molar-refractivity contribution in [2.24, 2.45) is 5.92 Å². The first-order valence-electron chi connectivity index (χ1n) is 11.3. The number of benzene rings is 3. The van der Waals surface area contributed by atoms with Gasteiger partial charge in [0.05, 0.1) is 11.4 Å². The quantitative estimate of drug-likeness (QED) is 0.239. The average Bonchev–Trinajstić information content (AvgIpc) is 2.85. The Hall–Kier alpha value is -3.97. The number of hydrogen-bond donors (Lipinski definition) is 2. The zero-order valence-corrected chi connectivity index (χ0v) is 19.0. The number of Topliss-reactive ketones (excluding diaryl/α,β-unsaturated/α-hetero) is 1. The molecule has 0 aliphatic heterocycles. The Labute approximate surface area is 198 Å². The summed E-state index contributed by atoms with van der Waals surface area (Å²) >= 11 is 0. The molecule has 0 saturated heterocycles. The number of ketones is 1. The summed E-state index contributed by atoms with van der Waals surface area (Å²) in [7, 11) is 0. The molecule has 0 aromatic heterocycles. The van der Waals surface area contributed by atoms with Crippen LogP contribution in [0, 0.1) is 5.92 Å². The van der Waals surface area contributed by atoms with Gasteiger partial charge in [-0.15, -0.1) is 0 Å². The number of hydrazine groups is 1. The zero-order chi connectivity index (χ0) is 23.9. The van der Waals surface area contributed by atoms with E-state index in [1.54, 1.807) is 11.0 Å². The molecule has 1 atom stereocenters. The average molecular weight is 458 g/mol. The maximum atomic E-state index is 13.1. The molecule has 7 heteroatoms. The number of ether oxygens (including phenoxy) is 1. The van der Waals surface area contributed by atoms with Gasteiger partial charge in [-0.2, -0.15) is 0 Å². The van der Waals surface area contributed by atoms with Crippen LogP contribution in [0.2, 0.25) is 0 Å². The molecule has 0 radical (unpaired) electrons. The number of para-hydroxylation sites is 2. The number of nitrogens with zero attached hydrogens (tertiary/aromatic N) is 1. The van der Waals surface area contributed by atoms with Crippen LogP contribution in [-0.4, -0.2) is 24.3 Å². The summed E-state index contributed by atoms with van der Waals surface area (Å²) in [4.78, 5) is 37.6. The van der Waals surface area contributed by atoms with Crippen molar-refractivity contribution in [2.45, 2.75) is 26.2 Å². The lowest BCUT2D eigenvalue weighted by Crippen LogP contribution is -2.47. The molecule has 4 rings (SSSR count). The number of carbonyl (C=O) groups is 3. The number of fused-ring (bicyclic) bond motifs is 1. The fourth-order valence-corrected chi connectivity index (χ4v) is 4.15. The minimum absolute atomic E-state index is 0.271. The van der Waals surface area contributed by atoms with E-state index < -0.39 is 11.8 Å². The Bertz CT molecular complexity index is 1130. The van der Waals surface area contributed by atoms with Gasteiger partial charge in [0.1, 0.15) is 5.75 Å². The topological polar surface area (TPSA) is 87.7 Å². The second-order valence-electron chi connectivity index (χ2n) is 8.27. The zero-order valence-electron chi connectivity index (χ0n) is 19.0. The molecule has 0 fully saturated rings. The van der Waals surface area contributed by atoms with E-state index in [1.807, 2.05) is 72.8 Å². The summed E-state index contributed by atoms with van der Waals surface area (Å²) in [6, 6.07) is 24.3. The van der Waals surface area contributed by atoms with Gasteiger partial charge in [0.2, 0.25) is 5.78 Å². The van der Waals surface area contributed by atoms with E-state index in [0.29, 0.717) is 18.2 Å². The van der Waals surface area contributed by atoms with Crippen LogP contribution >= 0.6 is 0 Å². The second kappa shape index (κ2) is 10.8. The van der Waals surface area contributed by atoms with Crippen LogP contribution in [0.5, 0.6) is 5.75 Å². The van der Waals surface area contributed by atoms with E-state index in [2.05, 4.69) is 10.9 Å². The molecule has 0 heterocycles. The first-order valence-corrected chi connectivity index (χ1v) is 11.3. The van der Waals surface area contributed by atoms with E-state index in [9.17, 15) is 14.4 Å². The summed E-state index contributed by atoms with van der Waals surface area (Å²) in [6.45, 7) is 1.80. The normalized spacial score (nSPS) is 14.6. The van der Waals surface area contributed by atoms with Crippen LogP contribution in [0.3, 0.4) is 0 Å². The maximum Gasteiger partial charge on any atom is 0.379 e. The molecule has 0 spiro atoms. The van der Waals surface area contributed by atoms with E-state index in [1.165, 1.54) is 6.92 Å². The fraction of sp³-hybridized carbons (Fsp3) is 0.222. The highest BCUT2D eigenvalue weighted by molar-refractivity contribution is 6.33. The SMILES string of the molecule is CC(=O)C(=O)Oc1cccc2c1CCC(CNNC(=O)N(c1ccccc1)c1ccccc1)C2. The lowest BCUT2D eigenvalue weighted by atomic mass is 9.83. The number of nitrogens with one attached hydrogen (secondary N) is 2. The molecule has 2 N–H and O–H groups in total. The highest BCUT2D eigenvalue weighted by atomic mass is 16.5. The Balaban J connectivity index is 1.37. The van der Waals surface area contributed by atoms with Crippen LogP contribution in [0.4, 0.5) is 16.2 Å². The third kappa shape index (κ3) is 5.50. The minimum atomic E-state index is -0.846. The van der Waals surface area contributed by atoms with Crippen LogP contribution in [0.1, 0.15) is 24.5 Å². The molecule has 0 saturated carbocycles. The van der Waals surface area contributed by atoms with Crippen molar-refractivity contribution in [3.05, 3.63) is 90.0 Å². The van der Waals surface area contributed by atoms with Crippen LogP contribution in [-0.2, 0) is 22.4 Å². The monoisotopic (exact) mass is 457 g/mol. The molecule has 7 nitrogen and oxygen atoms in total. The summed E-state index contributed by atoms with van der Waals surface area (Å²) < 4.78 is 5.27. The molecule has 1 aliphatic rings. The molecular formula is C27H27N3O4. The standard InChI is InChI=1S/C27H27N3O4/c1-19(31)26(32)34-25-14-8-9-21-17-20(15-16-24(21)25)18-28-29-27(33)30(22-10-4-2-5-11-22)23-12-6-3-7-13-23/h2-14,20,28H,15-18H2,1H3,(H,29,33). The first kappa shape index (κ1) is 23.2. The van der Waals surface area contributed by atoms with Crippen LogP contribution in [0.15, 0.2) is 78.9 Å². The highest BCUT2D eigenvalue weighted by Gasteiger charge is 2.24. The van der Waals surface area contributed by atoms with Crippen molar-refractivity contribution in [1.29, 1.82) is 0 Å². The third-order valence-corrected chi connectivity index (χ3v) is 5.85. The van der Waals surface area contributed by atoms with Gasteiger partial charge in [-0.25, -0.2) is 15.0 Å². The van der Waals surface area contributed by atoms with Gasteiger partial charge in [0.25, 0.3) is 0 Å². The van der Waals surface area contributed by atoms with Gasteiger partial charge in [0, 0.05) is 13.5 Å². The Morgan fingerprint density at radius 1 is 0.912 bits per heavy atom. The summed E-state index contributed by atoms with van der Waals surface area (Å²) in [6.07, 6.45) is 2.38. The molecule has 1 aliphatic carbocycles. The van der Waals surface area contributed by atoms with Gasteiger partial charge in [-0.05, 0) is 66.6 Å². The Kier molecular flexibility index (Phi) is 7.34. The molecule has 174 valence electrons. The number of rotatable bonds is 7. The molecule has 3 aromatic rings. The van der Waals surface area contributed by atoms with Gasteiger partial charge in [-0.1, -0.05) is 48.5 Å². The van der Waals surface area contributed by atoms with Crippen LogP contribution in [0.25, 0.3) is 0 Å². The summed E-state index contributed by atoms with van der Waals surface area (Å²) in [5, 5.41) is 0. The largest absolute Gasteiger partial charge is 0.421 e. The number of esters is 1. The molecule has 0 bridgehead atoms. The number of anilines is 2. The Morgan fingerprint density at radius 3 is 2.18 bits per heavy atom. The van der Waals surface area contributed by atoms with Gasteiger partial charge >= 0.3 is 12.0 Å². The fourth-order valence-electron chi connectivity index (χ4n) is 4.15. The predicted octanol–water partition coefficient (Wildman–Crippen LogP) is 4.34. The minimum Gasteiger partial charge on any atom is -0.421 e. The number of urea groups is 1. The Morgan fingerprint density at radius 2 is 1.56 bits per heavy atom. The lowest BCUT2D eigenvalue weighted by Gasteiger charge is -2.27. The summed E-state index contributed by atoms with van der Waals surface area (Å²) in [5.74, 6) is -0.709. The van der Waals surface area contributed by atoms with Crippen molar-refractivity contribution < 1.29 is 19.1 Å². The van der Waals surface area contributed by atoms with E-state index in [4.69, 9.17) is 4.74 Å². The van der Waals surface area contributed by atoms with Crippen molar-refractivity contribution in [2.75, 3.05) is 11.4 Å². The van der Waals surface area contributed by atoms with E-state index in [0.717, 1.165) is 41.8 Å².